The van der Waals surface area contributed by atoms with Crippen molar-refractivity contribution in [3.05, 3.63) is 59.7 Å². The molecule has 3 heteroatoms. The summed E-state index contributed by atoms with van der Waals surface area (Å²) in [6, 6.07) is 13.6. The third-order valence-corrected chi connectivity index (χ3v) is 4.55. The molecule has 0 heterocycles. The molecule has 2 aromatic carbocycles. The molecule has 0 amide bonds. The van der Waals surface area contributed by atoms with Gasteiger partial charge in [-0.3, -0.25) is 4.57 Å². The Labute approximate surface area is 101 Å². The minimum Gasteiger partial charge on any atom is -0.277 e. The Morgan fingerprint density at radius 1 is 0.882 bits per heavy atom. The van der Waals surface area contributed by atoms with Gasteiger partial charge in [-0.2, -0.15) is 4.20 Å². The van der Waals surface area contributed by atoms with E-state index in [0.717, 1.165) is 11.1 Å². The van der Waals surface area contributed by atoms with Crippen molar-refractivity contribution in [2.24, 2.45) is 0 Å². The molecule has 2 aromatic rings. The minimum absolute atomic E-state index is 0.267. The van der Waals surface area contributed by atoms with Gasteiger partial charge in [0.15, 0.2) is 0 Å². The molecule has 0 atom stereocenters. The van der Waals surface area contributed by atoms with E-state index in [0.29, 0.717) is 0 Å². The maximum Gasteiger partial charge on any atom is 0.300 e. The highest BCUT2D eigenvalue weighted by Gasteiger charge is 2.26. The summed E-state index contributed by atoms with van der Waals surface area (Å²) in [7, 11) is -3.95. The molecule has 0 aromatic heterocycles. The van der Waals surface area contributed by atoms with Gasteiger partial charge in [-0.05, 0) is 38.1 Å². The van der Waals surface area contributed by atoms with Crippen LogP contribution in [0.1, 0.15) is 11.1 Å². The number of rotatable bonds is 2. The Kier molecular flexibility index (Phi) is 3.17. The van der Waals surface area contributed by atoms with E-state index in [-0.39, 0.29) is 10.6 Å². The van der Waals surface area contributed by atoms with E-state index in [1.165, 1.54) is 0 Å². The molecule has 0 saturated heterocycles. The molecule has 0 unspecified atom stereocenters. The second-order valence-corrected chi connectivity index (χ2v) is 6.31. The maximum absolute atomic E-state index is 14.5. The zero-order valence-electron chi connectivity index (χ0n) is 9.85. The largest absolute Gasteiger partial charge is 0.300 e. The van der Waals surface area contributed by atoms with Crippen molar-refractivity contribution in [1.29, 1.82) is 0 Å². The molecule has 0 spiro atoms. The monoisotopic (exact) mass is 248 g/mol. The molecule has 1 nitrogen and oxygen atoms in total. The first-order valence-corrected chi connectivity index (χ1v) is 7.04. The smallest absolute Gasteiger partial charge is 0.277 e. The molecular formula is C14H14FOP. The molecule has 0 N–H and O–H groups in total. The third kappa shape index (κ3) is 2.48. The average molecular weight is 248 g/mol. The van der Waals surface area contributed by atoms with Crippen molar-refractivity contribution >= 4 is 18.1 Å². The minimum atomic E-state index is -3.95. The van der Waals surface area contributed by atoms with E-state index in [1.807, 2.05) is 26.0 Å². The first-order chi connectivity index (χ1) is 8.00. The van der Waals surface area contributed by atoms with Gasteiger partial charge in [0.2, 0.25) is 0 Å². The molecule has 0 saturated carbocycles. The highest BCUT2D eigenvalue weighted by molar-refractivity contribution is 7.74. The van der Waals surface area contributed by atoms with E-state index < -0.39 is 7.45 Å². The van der Waals surface area contributed by atoms with Crippen LogP contribution < -0.4 is 10.6 Å². The summed E-state index contributed by atoms with van der Waals surface area (Å²) in [4.78, 5) is 0. The summed E-state index contributed by atoms with van der Waals surface area (Å²) < 4.78 is 26.7. The van der Waals surface area contributed by atoms with Crippen LogP contribution in [0, 0.1) is 13.8 Å². The fourth-order valence-corrected chi connectivity index (χ4v) is 3.36. The normalized spacial score (nSPS) is 11.5. The van der Waals surface area contributed by atoms with E-state index in [4.69, 9.17) is 0 Å². The lowest BCUT2D eigenvalue weighted by molar-refractivity contribution is 0.558. The SMILES string of the molecule is Cc1cccc(P(=O)(F)c2cccc(C)c2)c1. The highest BCUT2D eigenvalue weighted by Crippen LogP contribution is 2.44. The van der Waals surface area contributed by atoms with Gasteiger partial charge in [0.05, 0.1) is 0 Å². The standard InChI is InChI=1S/C14H14FOP/c1-11-5-3-7-13(9-11)17(15,16)14-8-4-6-12(2)10-14/h3-10H,1-2H3. The van der Waals surface area contributed by atoms with Crippen LogP contribution in [-0.4, -0.2) is 0 Å². The molecule has 0 aliphatic rings. The summed E-state index contributed by atoms with van der Waals surface area (Å²) >= 11 is 0. The fourth-order valence-electron chi connectivity index (χ4n) is 1.76. The van der Waals surface area contributed by atoms with Crippen molar-refractivity contribution in [2.75, 3.05) is 0 Å². The third-order valence-electron chi connectivity index (χ3n) is 2.67. The van der Waals surface area contributed by atoms with Gasteiger partial charge < -0.3 is 0 Å². The van der Waals surface area contributed by atoms with Crippen LogP contribution in [0.4, 0.5) is 4.20 Å². The molecule has 0 aliphatic heterocycles. The lowest BCUT2D eigenvalue weighted by atomic mass is 10.2. The van der Waals surface area contributed by atoms with Crippen molar-refractivity contribution in [3.8, 4) is 0 Å². The van der Waals surface area contributed by atoms with Crippen molar-refractivity contribution in [3.63, 3.8) is 0 Å². The molecular weight excluding hydrogens is 234 g/mol. The van der Waals surface area contributed by atoms with Gasteiger partial charge in [0.1, 0.15) is 0 Å². The zero-order chi connectivity index (χ0) is 12.5. The van der Waals surface area contributed by atoms with E-state index in [1.54, 1.807) is 36.4 Å². The first-order valence-electron chi connectivity index (χ1n) is 5.44. The van der Waals surface area contributed by atoms with E-state index in [9.17, 15) is 8.76 Å². The van der Waals surface area contributed by atoms with Crippen LogP contribution in [0.25, 0.3) is 0 Å². The average Bonchev–Trinajstić information content (AvgIpc) is 2.29. The lowest BCUT2D eigenvalue weighted by Gasteiger charge is -2.10. The summed E-state index contributed by atoms with van der Waals surface area (Å²) in [5.41, 5.74) is 1.82. The number of benzene rings is 2. The summed E-state index contributed by atoms with van der Waals surface area (Å²) in [5.74, 6) is 0. The molecule has 17 heavy (non-hydrogen) atoms. The first kappa shape index (κ1) is 12.1. The predicted molar refractivity (Wildman–Crippen MR) is 70.3 cm³/mol. The number of hydrogen-bond acceptors (Lipinski definition) is 1. The topological polar surface area (TPSA) is 17.1 Å². The van der Waals surface area contributed by atoms with E-state index in [2.05, 4.69) is 0 Å². The Balaban J connectivity index is 2.53. The highest BCUT2D eigenvalue weighted by atomic mass is 31.2. The predicted octanol–water partition coefficient (Wildman–Crippen LogP) is 3.50. The van der Waals surface area contributed by atoms with Crippen LogP contribution in [0.15, 0.2) is 48.5 Å². The fraction of sp³-hybridized carbons (Fsp3) is 0.143. The maximum atomic E-state index is 14.5. The summed E-state index contributed by atoms with van der Waals surface area (Å²) in [6.45, 7) is 3.72. The van der Waals surface area contributed by atoms with Crippen LogP contribution in [0.3, 0.4) is 0 Å². The molecule has 0 aliphatic carbocycles. The van der Waals surface area contributed by atoms with Crippen LogP contribution in [0.5, 0.6) is 0 Å². The number of aryl methyl sites for hydroxylation is 2. The van der Waals surface area contributed by atoms with Gasteiger partial charge in [0.25, 0.3) is 7.45 Å². The van der Waals surface area contributed by atoms with Gasteiger partial charge in [-0.1, -0.05) is 35.4 Å². The Morgan fingerprint density at radius 3 is 1.65 bits per heavy atom. The molecule has 0 bridgehead atoms. The number of hydrogen-bond donors (Lipinski definition) is 0. The van der Waals surface area contributed by atoms with Gasteiger partial charge in [-0.15, -0.1) is 0 Å². The lowest BCUT2D eigenvalue weighted by Crippen LogP contribution is -2.13. The van der Waals surface area contributed by atoms with Crippen LogP contribution >= 0.6 is 7.45 Å². The van der Waals surface area contributed by atoms with Crippen molar-refractivity contribution in [1.82, 2.24) is 0 Å². The molecule has 88 valence electrons. The second-order valence-electron chi connectivity index (χ2n) is 4.21. The van der Waals surface area contributed by atoms with Gasteiger partial charge in [-0.25, -0.2) is 0 Å². The van der Waals surface area contributed by atoms with Crippen LogP contribution in [0.2, 0.25) is 0 Å². The molecule has 2 rings (SSSR count). The van der Waals surface area contributed by atoms with Gasteiger partial charge in [0, 0.05) is 10.6 Å². The molecule has 0 radical (unpaired) electrons. The number of halogens is 1. The van der Waals surface area contributed by atoms with Crippen LogP contribution in [-0.2, 0) is 4.57 Å². The Bertz CT molecular complexity index is 543. The van der Waals surface area contributed by atoms with Gasteiger partial charge >= 0.3 is 0 Å². The Morgan fingerprint density at radius 2 is 1.29 bits per heavy atom. The Hall–Kier alpha value is -1.40. The quantitative estimate of drug-likeness (QED) is 0.743. The van der Waals surface area contributed by atoms with Crippen molar-refractivity contribution < 1.29 is 8.76 Å². The van der Waals surface area contributed by atoms with Crippen molar-refractivity contribution in [2.45, 2.75) is 13.8 Å². The summed E-state index contributed by atoms with van der Waals surface area (Å²) in [5, 5.41) is 0.534. The molecule has 0 fully saturated rings. The van der Waals surface area contributed by atoms with E-state index >= 15 is 0 Å². The zero-order valence-corrected chi connectivity index (χ0v) is 10.7. The second kappa shape index (κ2) is 4.46. The summed E-state index contributed by atoms with van der Waals surface area (Å²) in [6.07, 6.45) is 0.